The Morgan fingerprint density at radius 2 is 2.12 bits per heavy atom. The molecule has 88 valence electrons. The molecule has 3 nitrogen and oxygen atoms in total. The number of hydrogen-bond donors (Lipinski definition) is 2. The van der Waals surface area contributed by atoms with E-state index in [2.05, 4.69) is 12.2 Å². The second-order valence-electron chi connectivity index (χ2n) is 4.46. The SMILES string of the molecule is COc1c(O)cc(C2CCNC2)c(C)c1C. The highest BCUT2D eigenvalue weighted by atomic mass is 16.5. The third kappa shape index (κ3) is 1.76. The highest BCUT2D eigenvalue weighted by molar-refractivity contribution is 5.53. The van der Waals surface area contributed by atoms with Crippen molar-refractivity contribution in [2.24, 2.45) is 0 Å². The van der Waals surface area contributed by atoms with E-state index >= 15 is 0 Å². The van der Waals surface area contributed by atoms with E-state index in [4.69, 9.17) is 4.74 Å². The number of phenols is 1. The van der Waals surface area contributed by atoms with Crippen LogP contribution in [0, 0.1) is 13.8 Å². The zero-order valence-corrected chi connectivity index (χ0v) is 10.1. The summed E-state index contributed by atoms with van der Waals surface area (Å²) in [5, 5.41) is 13.3. The molecule has 0 bridgehead atoms. The van der Waals surface area contributed by atoms with Crippen LogP contribution in [-0.4, -0.2) is 25.3 Å². The average Bonchev–Trinajstić information content (AvgIpc) is 2.77. The number of aromatic hydroxyl groups is 1. The van der Waals surface area contributed by atoms with Crippen LogP contribution in [0.5, 0.6) is 11.5 Å². The van der Waals surface area contributed by atoms with Crippen molar-refractivity contribution >= 4 is 0 Å². The number of rotatable bonds is 2. The van der Waals surface area contributed by atoms with Crippen LogP contribution in [-0.2, 0) is 0 Å². The molecule has 1 aromatic carbocycles. The van der Waals surface area contributed by atoms with Gasteiger partial charge in [0.2, 0.25) is 0 Å². The summed E-state index contributed by atoms with van der Waals surface area (Å²) in [4.78, 5) is 0. The first-order valence-electron chi connectivity index (χ1n) is 5.73. The van der Waals surface area contributed by atoms with Gasteiger partial charge >= 0.3 is 0 Å². The molecular weight excluding hydrogens is 202 g/mol. The highest BCUT2D eigenvalue weighted by Gasteiger charge is 2.22. The summed E-state index contributed by atoms with van der Waals surface area (Å²) < 4.78 is 5.21. The number of nitrogens with one attached hydrogen (secondary N) is 1. The second kappa shape index (κ2) is 4.34. The maximum atomic E-state index is 9.91. The topological polar surface area (TPSA) is 41.5 Å². The summed E-state index contributed by atoms with van der Waals surface area (Å²) in [6.45, 7) is 6.17. The standard InChI is InChI=1S/C13H19NO2/c1-8-9(2)13(16-3)12(15)6-11(8)10-4-5-14-7-10/h6,10,14-15H,4-5,7H2,1-3H3. The van der Waals surface area contributed by atoms with Gasteiger partial charge in [-0.1, -0.05) is 0 Å². The van der Waals surface area contributed by atoms with E-state index in [1.54, 1.807) is 7.11 Å². The minimum atomic E-state index is 0.257. The molecule has 0 spiro atoms. The van der Waals surface area contributed by atoms with Crippen LogP contribution >= 0.6 is 0 Å². The average molecular weight is 221 g/mol. The largest absolute Gasteiger partial charge is 0.504 e. The molecule has 1 fully saturated rings. The van der Waals surface area contributed by atoms with Crippen LogP contribution in [0.25, 0.3) is 0 Å². The van der Waals surface area contributed by atoms with Gasteiger partial charge in [-0.25, -0.2) is 0 Å². The maximum absolute atomic E-state index is 9.91. The molecule has 0 aromatic heterocycles. The maximum Gasteiger partial charge on any atom is 0.163 e. The summed E-state index contributed by atoms with van der Waals surface area (Å²) in [7, 11) is 1.60. The fourth-order valence-electron chi connectivity index (χ4n) is 2.50. The zero-order valence-electron chi connectivity index (χ0n) is 10.1. The van der Waals surface area contributed by atoms with E-state index < -0.39 is 0 Å². The van der Waals surface area contributed by atoms with Crippen molar-refractivity contribution < 1.29 is 9.84 Å². The summed E-state index contributed by atoms with van der Waals surface area (Å²) in [5.41, 5.74) is 3.54. The van der Waals surface area contributed by atoms with E-state index in [9.17, 15) is 5.11 Å². The Morgan fingerprint density at radius 1 is 1.38 bits per heavy atom. The van der Waals surface area contributed by atoms with Gasteiger partial charge < -0.3 is 15.2 Å². The first kappa shape index (κ1) is 11.3. The summed E-state index contributed by atoms with van der Waals surface area (Å²) in [6.07, 6.45) is 1.14. The molecule has 1 aromatic rings. The van der Waals surface area contributed by atoms with Gasteiger partial charge in [0, 0.05) is 6.54 Å². The van der Waals surface area contributed by atoms with Gasteiger partial charge in [-0.2, -0.15) is 0 Å². The minimum absolute atomic E-state index is 0.257. The quantitative estimate of drug-likeness (QED) is 0.803. The van der Waals surface area contributed by atoms with Gasteiger partial charge in [-0.3, -0.25) is 0 Å². The van der Waals surface area contributed by atoms with Crippen LogP contribution in [0.3, 0.4) is 0 Å². The Hall–Kier alpha value is -1.22. The number of phenolic OH excluding ortho intramolecular Hbond substituents is 1. The Balaban J connectivity index is 2.46. The Labute approximate surface area is 96.4 Å². The molecule has 16 heavy (non-hydrogen) atoms. The Kier molecular flexibility index (Phi) is 3.06. The van der Waals surface area contributed by atoms with E-state index in [0.29, 0.717) is 11.7 Å². The number of hydrogen-bond acceptors (Lipinski definition) is 3. The van der Waals surface area contributed by atoms with Gasteiger partial charge in [-0.15, -0.1) is 0 Å². The molecule has 2 N–H and O–H groups in total. The van der Waals surface area contributed by atoms with Crippen molar-refractivity contribution in [1.29, 1.82) is 0 Å². The van der Waals surface area contributed by atoms with Gasteiger partial charge in [0.25, 0.3) is 0 Å². The van der Waals surface area contributed by atoms with E-state index in [1.165, 1.54) is 11.1 Å². The number of ether oxygens (including phenoxy) is 1. The zero-order chi connectivity index (χ0) is 11.7. The molecule has 0 radical (unpaired) electrons. The Morgan fingerprint density at radius 3 is 2.69 bits per heavy atom. The van der Waals surface area contributed by atoms with Crippen LogP contribution < -0.4 is 10.1 Å². The van der Waals surface area contributed by atoms with Crippen LogP contribution in [0.4, 0.5) is 0 Å². The first-order valence-corrected chi connectivity index (χ1v) is 5.73. The van der Waals surface area contributed by atoms with Crippen LogP contribution in [0.2, 0.25) is 0 Å². The summed E-state index contributed by atoms with van der Waals surface area (Å²) in [5.74, 6) is 1.38. The van der Waals surface area contributed by atoms with Gasteiger partial charge in [0.1, 0.15) is 0 Å². The molecular formula is C13H19NO2. The molecule has 1 aliphatic rings. The molecule has 0 saturated carbocycles. The third-order valence-electron chi connectivity index (χ3n) is 3.57. The lowest BCUT2D eigenvalue weighted by molar-refractivity contribution is 0.369. The molecule has 0 aliphatic carbocycles. The van der Waals surface area contributed by atoms with Crippen molar-refractivity contribution in [1.82, 2.24) is 5.32 Å². The predicted molar refractivity (Wildman–Crippen MR) is 64.4 cm³/mol. The molecule has 1 unspecified atom stereocenters. The van der Waals surface area contributed by atoms with E-state index in [1.807, 2.05) is 13.0 Å². The predicted octanol–water partition coefficient (Wildman–Crippen LogP) is 2.09. The first-order chi connectivity index (χ1) is 7.65. The van der Waals surface area contributed by atoms with Crippen LogP contribution in [0.15, 0.2) is 6.07 Å². The van der Waals surface area contributed by atoms with Crippen molar-refractivity contribution in [3.63, 3.8) is 0 Å². The van der Waals surface area contributed by atoms with Crippen molar-refractivity contribution in [3.8, 4) is 11.5 Å². The second-order valence-corrected chi connectivity index (χ2v) is 4.46. The molecule has 1 atom stereocenters. The minimum Gasteiger partial charge on any atom is -0.504 e. The summed E-state index contributed by atoms with van der Waals surface area (Å²) >= 11 is 0. The van der Waals surface area contributed by atoms with E-state index in [0.717, 1.165) is 25.1 Å². The number of benzene rings is 1. The van der Waals surface area contributed by atoms with Crippen LogP contribution in [0.1, 0.15) is 29.0 Å². The lowest BCUT2D eigenvalue weighted by atomic mass is 9.91. The monoisotopic (exact) mass is 221 g/mol. The molecule has 0 amide bonds. The normalized spacial score (nSPS) is 20.1. The molecule has 1 heterocycles. The third-order valence-corrected chi connectivity index (χ3v) is 3.57. The lowest BCUT2D eigenvalue weighted by Gasteiger charge is -2.18. The van der Waals surface area contributed by atoms with Gasteiger partial charge in [0.05, 0.1) is 7.11 Å². The smallest absolute Gasteiger partial charge is 0.163 e. The summed E-state index contributed by atoms with van der Waals surface area (Å²) in [6, 6.07) is 1.86. The molecule has 3 heteroatoms. The fourth-order valence-corrected chi connectivity index (χ4v) is 2.50. The Bertz CT molecular complexity index is 395. The van der Waals surface area contributed by atoms with Crippen molar-refractivity contribution in [3.05, 3.63) is 22.8 Å². The number of methoxy groups -OCH3 is 1. The molecule has 1 aliphatic heterocycles. The van der Waals surface area contributed by atoms with E-state index in [-0.39, 0.29) is 5.75 Å². The highest BCUT2D eigenvalue weighted by Crippen LogP contribution is 2.38. The van der Waals surface area contributed by atoms with Gasteiger partial charge in [0.15, 0.2) is 11.5 Å². The fraction of sp³-hybridized carbons (Fsp3) is 0.538. The van der Waals surface area contributed by atoms with Crippen molar-refractivity contribution in [2.75, 3.05) is 20.2 Å². The molecule has 1 saturated heterocycles. The lowest BCUT2D eigenvalue weighted by Crippen LogP contribution is -2.09. The van der Waals surface area contributed by atoms with Crippen molar-refractivity contribution in [2.45, 2.75) is 26.2 Å². The van der Waals surface area contributed by atoms with Gasteiger partial charge in [-0.05, 0) is 55.5 Å². The molecule has 2 rings (SSSR count).